The second kappa shape index (κ2) is 4.74. The molecule has 0 spiro atoms. The maximum atomic E-state index is 12.2. The largest absolute Gasteiger partial charge is 0.334 e. The number of hydrogen-bond acceptors (Lipinski definition) is 3. The van der Waals surface area contributed by atoms with Gasteiger partial charge in [0.2, 0.25) is 5.82 Å². The number of likely N-dealkylation sites (N-methyl/N-ethyl adjacent to an activating group) is 1. The topological polar surface area (TPSA) is 51.0 Å². The lowest BCUT2D eigenvalue weighted by molar-refractivity contribution is 0.0707. The van der Waals surface area contributed by atoms with Crippen LogP contribution in [0.5, 0.6) is 0 Å². The van der Waals surface area contributed by atoms with Crippen molar-refractivity contribution in [1.82, 2.24) is 19.7 Å². The third-order valence-corrected chi connectivity index (χ3v) is 4.05. The molecule has 2 heterocycles. The van der Waals surface area contributed by atoms with Gasteiger partial charge >= 0.3 is 0 Å². The molecule has 0 unspecified atom stereocenters. The Bertz CT molecular complexity index is 675. The van der Waals surface area contributed by atoms with E-state index in [1.54, 1.807) is 4.90 Å². The zero-order valence-electron chi connectivity index (χ0n) is 12.1. The van der Waals surface area contributed by atoms with Gasteiger partial charge in [-0.15, -0.1) is 10.2 Å². The minimum absolute atomic E-state index is 0.0252. The summed E-state index contributed by atoms with van der Waals surface area (Å²) in [5.41, 5.74) is 3.46. The summed E-state index contributed by atoms with van der Waals surface area (Å²) in [4.78, 5) is 14.0. The van der Waals surface area contributed by atoms with Gasteiger partial charge in [-0.1, -0.05) is 18.2 Å². The van der Waals surface area contributed by atoms with Gasteiger partial charge in [-0.25, -0.2) is 0 Å². The van der Waals surface area contributed by atoms with Crippen molar-refractivity contribution >= 4 is 5.91 Å². The van der Waals surface area contributed by atoms with Crippen molar-refractivity contribution < 1.29 is 4.79 Å². The fourth-order valence-electron chi connectivity index (χ4n) is 2.63. The van der Waals surface area contributed by atoms with Crippen LogP contribution in [-0.2, 0) is 6.54 Å². The summed E-state index contributed by atoms with van der Waals surface area (Å²) >= 11 is 0. The minimum atomic E-state index is -0.0252. The average molecular weight is 270 g/mol. The number of fused-ring (bicyclic) bond motifs is 1. The second-order valence-corrected chi connectivity index (χ2v) is 5.13. The molecular weight excluding hydrogens is 252 g/mol. The molecule has 0 saturated carbocycles. The van der Waals surface area contributed by atoms with E-state index in [4.69, 9.17) is 0 Å². The van der Waals surface area contributed by atoms with Crippen molar-refractivity contribution in [2.45, 2.75) is 27.3 Å². The predicted molar refractivity (Wildman–Crippen MR) is 76.5 cm³/mol. The van der Waals surface area contributed by atoms with Gasteiger partial charge in [-0.05, 0) is 31.9 Å². The molecule has 1 aliphatic heterocycles. The first-order chi connectivity index (χ1) is 9.63. The monoisotopic (exact) mass is 270 g/mol. The Hall–Kier alpha value is -2.17. The molecule has 0 radical (unpaired) electrons. The van der Waals surface area contributed by atoms with Crippen molar-refractivity contribution in [1.29, 1.82) is 0 Å². The lowest BCUT2D eigenvalue weighted by Gasteiger charge is -2.26. The number of hydrogen-bond donors (Lipinski definition) is 0. The Balaban J connectivity index is 2.11. The van der Waals surface area contributed by atoms with Crippen LogP contribution in [0.1, 0.15) is 28.7 Å². The van der Waals surface area contributed by atoms with E-state index in [1.807, 2.05) is 23.6 Å². The van der Waals surface area contributed by atoms with E-state index >= 15 is 0 Å². The van der Waals surface area contributed by atoms with Crippen molar-refractivity contribution in [3.05, 3.63) is 35.2 Å². The van der Waals surface area contributed by atoms with Crippen molar-refractivity contribution in [2.75, 3.05) is 13.1 Å². The van der Waals surface area contributed by atoms with Crippen LogP contribution in [0.2, 0.25) is 0 Å². The number of aromatic nitrogens is 3. The second-order valence-electron chi connectivity index (χ2n) is 5.13. The zero-order valence-corrected chi connectivity index (χ0v) is 12.1. The van der Waals surface area contributed by atoms with Crippen LogP contribution in [0.4, 0.5) is 0 Å². The van der Waals surface area contributed by atoms with Gasteiger partial charge in [0, 0.05) is 25.2 Å². The van der Waals surface area contributed by atoms with Gasteiger partial charge in [-0.3, -0.25) is 4.79 Å². The number of carbonyl (C=O) groups is 1. The average Bonchev–Trinajstić information content (AvgIpc) is 2.87. The maximum Gasteiger partial charge on any atom is 0.291 e. The van der Waals surface area contributed by atoms with E-state index in [1.165, 1.54) is 11.1 Å². The first-order valence-electron chi connectivity index (χ1n) is 6.92. The minimum Gasteiger partial charge on any atom is -0.334 e. The van der Waals surface area contributed by atoms with Crippen LogP contribution < -0.4 is 0 Å². The van der Waals surface area contributed by atoms with Gasteiger partial charge in [-0.2, -0.15) is 0 Å². The highest BCUT2D eigenvalue weighted by molar-refractivity contribution is 5.92. The van der Waals surface area contributed by atoms with E-state index in [9.17, 15) is 4.79 Å². The first-order valence-corrected chi connectivity index (χ1v) is 6.92. The van der Waals surface area contributed by atoms with Crippen LogP contribution in [-0.4, -0.2) is 38.7 Å². The molecule has 0 atom stereocenters. The molecule has 1 aromatic carbocycles. The van der Waals surface area contributed by atoms with Gasteiger partial charge in [0.25, 0.3) is 5.91 Å². The van der Waals surface area contributed by atoms with Crippen LogP contribution >= 0.6 is 0 Å². The molecule has 1 amide bonds. The van der Waals surface area contributed by atoms with Gasteiger partial charge in [0.15, 0.2) is 5.82 Å². The van der Waals surface area contributed by atoms with Crippen LogP contribution in [0, 0.1) is 13.8 Å². The predicted octanol–water partition coefficient (Wildman–Crippen LogP) is 2.04. The third-order valence-electron chi connectivity index (χ3n) is 4.05. The lowest BCUT2D eigenvalue weighted by atomic mass is 10.0. The molecule has 1 aliphatic rings. The van der Waals surface area contributed by atoms with Crippen molar-refractivity contribution in [3.8, 4) is 11.4 Å². The van der Waals surface area contributed by atoms with E-state index < -0.39 is 0 Å². The normalized spacial score (nSPS) is 14.6. The molecule has 2 aromatic rings. The number of amides is 1. The lowest BCUT2D eigenvalue weighted by Crippen LogP contribution is -2.40. The third kappa shape index (κ3) is 1.81. The van der Waals surface area contributed by atoms with Crippen LogP contribution in [0.25, 0.3) is 11.4 Å². The molecule has 104 valence electrons. The molecule has 0 aliphatic carbocycles. The summed E-state index contributed by atoms with van der Waals surface area (Å²) in [5.74, 6) is 1.22. The number of benzene rings is 1. The molecule has 20 heavy (non-hydrogen) atoms. The van der Waals surface area contributed by atoms with E-state index in [2.05, 4.69) is 30.1 Å². The quantitative estimate of drug-likeness (QED) is 0.839. The first kappa shape index (κ1) is 12.8. The summed E-state index contributed by atoms with van der Waals surface area (Å²) in [6.45, 7) is 8.33. The Labute approximate surface area is 118 Å². The molecule has 5 heteroatoms. The van der Waals surface area contributed by atoms with E-state index in [0.29, 0.717) is 12.4 Å². The number of carbonyl (C=O) groups excluding carboxylic acids is 1. The zero-order chi connectivity index (χ0) is 14.3. The molecule has 0 fully saturated rings. The summed E-state index contributed by atoms with van der Waals surface area (Å²) in [6.07, 6.45) is 0. The smallest absolute Gasteiger partial charge is 0.291 e. The molecule has 0 saturated heterocycles. The summed E-state index contributed by atoms with van der Waals surface area (Å²) in [5, 5.41) is 8.36. The molecule has 5 nitrogen and oxygen atoms in total. The highest BCUT2D eigenvalue weighted by atomic mass is 16.2. The van der Waals surface area contributed by atoms with Crippen LogP contribution in [0.15, 0.2) is 18.2 Å². The number of nitrogens with zero attached hydrogens (tertiary/aromatic N) is 4. The SMILES string of the molecule is CCN1CCn2c(nnc2-c2cccc(C)c2C)C1=O. The molecule has 1 aromatic heterocycles. The fraction of sp³-hybridized carbons (Fsp3) is 0.400. The van der Waals surface area contributed by atoms with Gasteiger partial charge in [0.1, 0.15) is 0 Å². The highest BCUT2D eigenvalue weighted by Crippen LogP contribution is 2.26. The Morgan fingerprint density at radius 2 is 1.90 bits per heavy atom. The van der Waals surface area contributed by atoms with Gasteiger partial charge in [0.05, 0.1) is 0 Å². The van der Waals surface area contributed by atoms with E-state index in [0.717, 1.165) is 24.5 Å². The fourth-order valence-corrected chi connectivity index (χ4v) is 2.63. The Kier molecular flexibility index (Phi) is 3.04. The van der Waals surface area contributed by atoms with E-state index in [-0.39, 0.29) is 5.91 Å². The highest BCUT2D eigenvalue weighted by Gasteiger charge is 2.28. The number of aryl methyl sites for hydroxylation is 1. The summed E-state index contributed by atoms with van der Waals surface area (Å²) < 4.78 is 1.94. The summed E-state index contributed by atoms with van der Waals surface area (Å²) in [7, 11) is 0. The standard InChI is InChI=1S/C15H18N4O/c1-4-18-8-9-19-13(16-17-14(19)15(18)20)12-7-5-6-10(2)11(12)3/h5-7H,4,8-9H2,1-3H3. The number of rotatable bonds is 2. The molecule has 0 N–H and O–H groups in total. The molecule has 3 rings (SSSR count). The molecule has 0 bridgehead atoms. The Morgan fingerprint density at radius 3 is 2.65 bits per heavy atom. The summed E-state index contributed by atoms with van der Waals surface area (Å²) in [6, 6.07) is 6.13. The molecular formula is C15H18N4O. The van der Waals surface area contributed by atoms with Crippen molar-refractivity contribution in [3.63, 3.8) is 0 Å². The maximum absolute atomic E-state index is 12.2. The van der Waals surface area contributed by atoms with Gasteiger partial charge < -0.3 is 9.47 Å². The van der Waals surface area contributed by atoms with Crippen molar-refractivity contribution in [2.24, 2.45) is 0 Å². The Morgan fingerprint density at radius 1 is 1.15 bits per heavy atom. The van der Waals surface area contributed by atoms with Crippen LogP contribution in [0.3, 0.4) is 0 Å².